The highest BCUT2D eigenvalue weighted by Crippen LogP contribution is 2.25. The van der Waals surface area contributed by atoms with E-state index in [1.165, 1.54) is 0 Å². The van der Waals surface area contributed by atoms with Gasteiger partial charge in [0.25, 0.3) is 0 Å². The molecule has 5 heteroatoms. The van der Waals surface area contributed by atoms with Crippen molar-refractivity contribution in [2.75, 3.05) is 0 Å². The van der Waals surface area contributed by atoms with Crippen molar-refractivity contribution in [1.82, 2.24) is 15.0 Å². The van der Waals surface area contributed by atoms with Gasteiger partial charge in [-0.2, -0.15) is 0 Å². The van der Waals surface area contributed by atoms with Crippen LogP contribution in [0.25, 0.3) is 16.7 Å². The lowest BCUT2D eigenvalue weighted by molar-refractivity contribution is 0.824. The van der Waals surface area contributed by atoms with Crippen LogP contribution in [0.15, 0.2) is 42.5 Å². The molecule has 0 amide bonds. The fraction of sp³-hybridized carbons (Fsp3) is 0.0769. The maximum Gasteiger partial charge on any atom is 0.113 e. The number of fused-ring (bicyclic) bond motifs is 1. The Kier molecular flexibility index (Phi) is 3.06. The summed E-state index contributed by atoms with van der Waals surface area (Å²) in [6, 6.07) is 13.7. The highest BCUT2D eigenvalue weighted by Gasteiger charge is 2.09. The van der Waals surface area contributed by atoms with Crippen LogP contribution < -0.4 is 0 Å². The van der Waals surface area contributed by atoms with E-state index in [2.05, 4.69) is 26.2 Å². The molecule has 1 heterocycles. The van der Waals surface area contributed by atoms with E-state index in [9.17, 15) is 0 Å². The van der Waals surface area contributed by atoms with E-state index in [4.69, 9.17) is 11.6 Å². The molecule has 90 valence electrons. The van der Waals surface area contributed by atoms with Crippen molar-refractivity contribution in [3.8, 4) is 5.69 Å². The van der Waals surface area contributed by atoms with Gasteiger partial charge in [0.05, 0.1) is 16.2 Å². The van der Waals surface area contributed by atoms with E-state index in [0.29, 0.717) is 5.02 Å². The number of nitrogens with zero attached hydrogens (tertiary/aromatic N) is 3. The first-order chi connectivity index (χ1) is 8.79. The van der Waals surface area contributed by atoms with Crippen molar-refractivity contribution in [2.24, 2.45) is 0 Å². The lowest BCUT2D eigenvalue weighted by Crippen LogP contribution is -1.98. The van der Waals surface area contributed by atoms with Gasteiger partial charge in [0, 0.05) is 5.33 Å². The highest BCUT2D eigenvalue weighted by molar-refractivity contribution is 9.08. The molecule has 0 fully saturated rings. The second-order valence-electron chi connectivity index (χ2n) is 3.91. The SMILES string of the molecule is Clc1cc(CBr)ccc1-n1nnc2ccccc21. The average Bonchev–Trinajstić information content (AvgIpc) is 2.82. The fourth-order valence-electron chi connectivity index (χ4n) is 1.85. The molecule has 0 unspecified atom stereocenters. The molecular weight excluding hydrogens is 314 g/mol. The Hall–Kier alpha value is -1.39. The number of hydrogen-bond donors (Lipinski definition) is 0. The number of aromatic nitrogens is 3. The van der Waals surface area contributed by atoms with E-state index in [0.717, 1.165) is 27.6 Å². The molecule has 3 nitrogen and oxygen atoms in total. The van der Waals surface area contributed by atoms with Crippen LogP contribution in [0, 0.1) is 0 Å². The van der Waals surface area contributed by atoms with Crippen LogP contribution in [-0.4, -0.2) is 15.0 Å². The molecule has 0 N–H and O–H groups in total. The first-order valence-corrected chi connectivity index (χ1v) is 6.95. The normalized spacial score (nSPS) is 11.0. The molecule has 1 aromatic heterocycles. The van der Waals surface area contributed by atoms with E-state index >= 15 is 0 Å². The second kappa shape index (κ2) is 4.71. The van der Waals surface area contributed by atoms with Crippen molar-refractivity contribution < 1.29 is 0 Å². The van der Waals surface area contributed by atoms with Crippen LogP contribution in [0.1, 0.15) is 5.56 Å². The Bertz CT molecular complexity index is 708. The third-order valence-corrected chi connectivity index (χ3v) is 3.70. The zero-order valence-electron chi connectivity index (χ0n) is 9.35. The molecule has 0 atom stereocenters. The Balaban J connectivity index is 2.20. The predicted octanol–water partition coefficient (Wildman–Crippen LogP) is 3.97. The van der Waals surface area contributed by atoms with Crippen molar-refractivity contribution in [3.05, 3.63) is 53.1 Å². The Morgan fingerprint density at radius 3 is 2.78 bits per heavy atom. The molecule has 3 aromatic rings. The number of rotatable bonds is 2. The minimum absolute atomic E-state index is 0.669. The summed E-state index contributed by atoms with van der Waals surface area (Å²) < 4.78 is 1.76. The van der Waals surface area contributed by atoms with Crippen LogP contribution >= 0.6 is 27.5 Å². The largest absolute Gasteiger partial charge is 0.211 e. The van der Waals surface area contributed by atoms with Gasteiger partial charge in [-0.05, 0) is 29.8 Å². The number of benzene rings is 2. The molecule has 18 heavy (non-hydrogen) atoms. The van der Waals surface area contributed by atoms with Gasteiger partial charge >= 0.3 is 0 Å². The summed E-state index contributed by atoms with van der Waals surface area (Å²) in [5.41, 5.74) is 3.78. The highest BCUT2D eigenvalue weighted by atomic mass is 79.9. The number of alkyl halides is 1. The van der Waals surface area contributed by atoms with Crippen LogP contribution in [0.4, 0.5) is 0 Å². The first kappa shape index (κ1) is 11.7. The summed E-state index contributed by atoms with van der Waals surface area (Å²) in [6.45, 7) is 0. The van der Waals surface area contributed by atoms with Gasteiger partial charge in [-0.1, -0.05) is 50.9 Å². The standard InChI is InChI=1S/C13H9BrClN3/c14-8-9-5-6-12(10(15)7-9)18-13-4-2-1-3-11(13)16-17-18/h1-7H,8H2. The number of hydrogen-bond acceptors (Lipinski definition) is 2. The lowest BCUT2D eigenvalue weighted by Gasteiger charge is -2.06. The molecule has 0 spiro atoms. The van der Waals surface area contributed by atoms with Gasteiger partial charge in [0.1, 0.15) is 5.52 Å². The minimum atomic E-state index is 0.669. The fourth-order valence-corrected chi connectivity index (χ4v) is 2.48. The zero-order chi connectivity index (χ0) is 12.5. The van der Waals surface area contributed by atoms with Crippen LogP contribution in [0.2, 0.25) is 5.02 Å². The Morgan fingerprint density at radius 1 is 1.17 bits per heavy atom. The topological polar surface area (TPSA) is 30.7 Å². The lowest BCUT2D eigenvalue weighted by atomic mass is 10.2. The molecular formula is C13H9BrClN3. The Morgan fingerprint density at radius 2 is 2.00 bits per heavy atom. The van der Waals surface area contributed by atoms with Crippen molar-refractivity contribution in [3.63, 3.8) is 0 Å². The summed E-state index contributed by atoms with van der Waals surface area (Å²) in [6.07, 6.45) is 0. The van der Waals surface area contributed by atoms with Gasteiger partial charge in [-0.3, -0.25) is 0 Å². The maximum absolute atomic E-state index is 6.29. The molecule has 2 aromatic carbocycles. The number of para-hydroxylation sites is 1. The van der Waals surface area contributed by atoms with Crippen LogP contribution in [0.5, 0.6) is 0 Å². The minimum Gasteiger partial charge on any atom is -0.211 e. The maximum atomic E-state index is 6.29. The molecule has 0 radical (unpaired) electrons. The summed E-state index contributed by atoms with van der Waals surface area (Å²) >= 11 is 9.70. The van der Waals surface area contributed by atoms with Gasteiger partial charge in [-0.25, -0.2) is 4.68 Å². The second-order valence-corrected chi connectivity index (χ2v) is 4.88. The van der Waals surface area contributed by atoms with E-state index < -0.39 is 0 Å². The van der Waals surface area contributed by atoms with Crippen LogP contribution in [-0.2, 0) is 5.33 Å². The van der Waals surface area contributed by atoms with Gasteiger partial charge in [-0.15, -0.1) is 5.10 Å². The number of halogens is 2. The summed E-state index contributed by atoms with van der Waals surface area (Å²) in [5, 5.41) is 9.73. The van der Waals surface area contributed by atoms with E-state index in [1.807, 2.05) is 42.5 Å². The van der Waals surface area contributed by atoms with Crippen LogP contribution in [0.3, 0.4) is 0 Å². The zero-order valence-corrected chi connectivity index (χ0v) is 11.7. The first-order valence-electron chi connectivity index (χ1n) is 5.45. The summed E-state index contributed by atoms with van der Waals surface area (Å²) in [7, 11) is 0. The third-order valence-electron chi connectivity index (χ3n) is 2.75. The molecule has 3 rings (SSSR count). The van der Waals surface area contributed by atoms with E-state index in [-0.39, 0.29) is 0 Å². The molecule has 0 saturated heterocycles. The van der Waals surface area contributed by atoms with Crippen molar-refractivity contribution in [1.29, 1.82) is 0 Å². The molecule has 0 saturated carbocycles. The van der Waals surface area contributed by atoms with Gasteiger partial charge < -0.3 is 0 Å². The summed E-state index contributed by atoms with van der Waals surface area (Å²) in [4.78, 5) is 0. The van der Waals surface area contributed by atoms with Gasteiger partial charge in [0.15, 0.2) is 0 Å². The van der Waals surface area contributed by atoms with Gasteiger partial charge in [0.2, 0.25) is 0 Å². The van der Waals surface area contributed by atoms with Crippen molar-refractivity contribution >= 4 is 38.6 Å². The monoisotopic (exact) mass is 321 g/mol. The van der Waals surface area contributed by atoms with E-state index in [1.54, 1.807) is 4.68 Å². The third kappa shape index (κ3) is 1.91. The molecule has 0 aliphatic rings. The molecule has 0 aliphatic heterocycles. The summed E-state index contributed by atoms with van der Waals surface area (Å²) in [5.74, 6) is 0. The smallest absolute Gasteiger partial charge is 0.113 e. The van der Waals surface area contributed by atoms with Crippen molar-refractivity contribution in [2.45, 2.75) is 5.33 Å². The molecule has 0 bridgehead atoms. The Labute approximate surface area is 118 Å². The average molecular weight is 323 g/mol. The molecule has 0 aliphatic carbocycles. The quantitative estimate of drug-likeness (QED) is 0.668. The predicted molar refractivity (Wildman–Crippen MR) is 76.5 cm³/mol.